The van der Waals surface area contributed by atoms with Gasteiger partial charge in [-0.2, -0.15) is 0 Å². The van der Waals surface area contributed by atoms with Gasteiger partial charge in [-0.05, 0) is 42.8 Å². The summed E-state index contributed by atoms with van der Waals surface area (Å²) in [6.07, 6.45) is 5.77. The molecule has 2 aromatic carbocycles. The summed E-state index contributed by atoms with van der Waals surface area (Å²) in [7, 11) is 3.28. The van der Waals surface area contributed by atoms with Crippen molar-refractivity contribution in [3.63, 3.8) is 0 Å². The molecule has 0 bridgehead atoms. The molecule has 0 spiro atoms. The fourth-order valence-electron chi connectivity index (χ4n) is 2.86. The van der Waals surface area contributed by atoms with Crippen molar-refractivity contribution in [1.82, 2.24) is 4.57 Å². The van der Waals surface area contributed by atoms with Crippen molar-refractivity contribution in [3.05, 3.63) is 70.0 Å². The summed E-state index contributed by atoms with van der Waals surface area (Å²) < 4.78 is 12.7. The van der Waals surface area contributed by atoms with E-state index >= 15 is 0 Å². The Hall–Kier alpha value is -3.01. The van der Waals surface area contributed by atoms with Crippen molar-refractivity contribution >= 4 is 23.1 Å². The van der Waals surface area contributed by atoms with Crippen molar-refractivity contribution in [2.24, 2.45) is 0 Å². The van der Waals surface area contributed by atoms with Gasteiger partial charge in [0, 0.05) is 29.8 Å². The molecule has 0 atom stereocenters. The molecule has 4 heteroatoms. The second-order valence-corrected chi connectivity index (χ2v) is 5.68. The van der Waals surface area contributed by atoms with Crippen LogP contribution < -0.4 is 14.9 Å². The van der Waals surface area contributed by atoms with Crippen LogP contribution in [-0.2, 0) is 6.54 Å². The first-order chi connectivity index (χ1) is 12.2. The van der Waals surface area contributed by atoms with E-state index in [0.29, 0.717) is 0 Å². The lowest BCUT2D eigenvalue weighted by Crippen LogP contribution is -2.06. The van der Waals surface area contributed by atoms with Crippen molar-refractivity contribution < 1.29 is 9.47 Å². The van der Waals surface area contributed by atoms with E-state index in [1.807, 2.05) is 54.7 Å². The zero-order valence-corrected chi connectivity index (χ0v) is 14.7. The molecule has 0 aliphatic heterocycles. The predicted octanol–water partition coefficient (Wildman–Crippen LogP) is 4.21. The summed E-state index contributed by atoms with van der Waals surface area (Å²) in [5.41, 5.74) is 2.87. The third-order valence-electron chi connectivity index (χ3n) is 4.23. The van der Waals surface area contributed by atoms with Gasteiger partial charge in [-0.25, -0.2) is 0 Å². The molecule has 25 heavy (non-hydrogen) atoms. The summed E-state index contributed by atoms with van der Waals surface area (Å²) >= 11 is 0. The molecular formula is C21H21NO3. The highest BCUT2D eigenvalue weighted by molar-refractivity contribution is 5.84. The Bertz CT molecular complexity index is 986. The van der Waals surface area contributed by atoms with E-state index in [2.05, 4.69) is 11.5 Å². The van der Waals surface area contributed by atoms with Gasteiger partial charge in [0.2, 0.25) is 0 Å². The standard InChI is InChI=1S/C21H21NO3/c1-4-22-12-11-20(23)18-13-15(6-9-19(18)22)5-7-16-14-17(24-2)8-10-21(16)25-3/h5-14H,4H2,1-3H3/b7-5+. The van der Waals surface area contributed by atoms with E-state index in [1.54, 1.807) is 20.3 Å². The average molecular weight is 335 g/mol. The summed E-state index contributed by atoms with van der Waals surface area (Å²) in [5, 5.41) is 0.726. The van der Waals surface area contributed by atoms with Crippen LogP contribution in [0.4, 0.5) is 0 Å². The maximum Gasteiger partial charge on any atom is 0.189 e. The number of pyridine rings is 1. The Morgan fingerprint density at radius 1 is 1.00 bits per heavy atom. The molecule has 1 heterocycles. The molecular weight excluding hydrogens is 314 g/mol. The average Bonchev–Trinajstić information content (AvgIpc) is 2.66. The highest BCUT2D eigenvalue weighted by atomic mass is 16.5. The third kappa shape index (κ3) is 3.43. The van der Waals surface area contributed by atoms with Crippen LogP contribution in [0, 0.1) is 0 Å². The topological polar surface area (TPSA) is 40.5 Å². The van der Waals surface area contributed by atoms with Crippen molar-refractivity contribution in [3.8, 4) is 11.5 Å². The van der Waals surface area contributed by atoms with Crippen LogP contribution in [0.1, 0.15) is 18.1 Å². The van der Waals surface area contributed by atoms with Crippen LogP contribution in [0.3, 0.4) is 0 Å². The minimum absolute atomic E-state index is 0.0360. The Balaban J connectivity index is 2.02. The number of aromatic nitrogens is 1. The second kappa shape index (κ2) is 7.26. The van der Waals surface area contributed by atoms with Gasteiger partial charge in [0.15, 0.2) is 5.43 Å². The van der Waals surface area contributed by atoms with Gasteiger partial charge in [0.25, 0.3) is 0 Å². The normalized spacial score (nSPS) is 11.2. The maximum absolute atomic E-state index is 12.2. The van der Waals surface area contributed by atoms with E-state index in [0.717, 1.165) is 40.1 Å². The molecule has 128 valence electrons. The largest absolute Gasteiger partial charge is 0.497 e. The van der Waals surface area contributed by atoms with E-state index in [1.165, 1.54) is 0 Å². The Labute approximate surface area is 146 Å². The fourth-order valence-corrected chi connectivity index (χ4v) is 2.86. The Morgan fingerprint density at radius 2 is 1.84 bits per heavy atom. The number of hydrogen-bond donors (Lipinski definition) is 0. The number of ether oxygens (including phenoxy) is 2. The van der Waals surface area contributed by atoms with E-state index in [9.17, 15) is 4.79 Å². The lowest BCUT2D eigenvalue weighted by atomic mass is 10.1. The summed E-state index contributed by atoms with van der Waals surface area (Å²) in [5.74, 6) is 1.54. The van der Waals surface area contributed by atoms with E-state index in [-0.39, 0.29) is 5.43 Å². The Kier molecular flexibility index (Phi) is 4.89. The molecule has 0 saturated carbocycles. The number of nitrogens with zero attached hydrogens (tertiary/aromatic N) is 1. The van der Waals surface area contributed by atoms with Gasteiger partial charge < -0.3 is 14.0 Å². The van der Waals surface area contributed by atoms with Gasteiger partial charge in [-0.3, -0.25) is 4.79 Å². The SMILES string of the molecule is CCn1ccc(=O)c2cc(/C=C/c3cc(OC)ccc3OC)ccc21. The molecule has 4 nitrogen and oxygen atoms in total. The summed E-state index contributed by atoms with van der Waals surface area (Å²) in [4.78, 5) is 12.2. The number of benzene rings is 2. The van der Waals surface area contributed by atoms with Crippen LogP contribution in [0.2, 0.25) is 0 Å². The van der Waals surface area contributed by atoms with Crippen LogP contribution >= 0.6 is 0 Å². The molecule has 0 amide bonds. The first kappa shape index (κ1) is 16.8. The highest BCUT2D eigenvalue weighted by Crippen LogP contribution is 2.26. The van der Waals surface area contributed by atoms with Gasteiger partial charge >= 0.3 is 0 Å². The van der Waals surface area contributed by atoms with Crippen LogP contribution in [0.25, 0.3) is 23.1 Å². The molecule has 0 aliphatic carbocycles. The highest BCUT2D eigenvalue weighted by Gasteiger charge is 2.04. The van der Waals surface area contributed by atoms with Crippen LogP contribution in [0.15, 0.2) is 53.5 Å². The molecule has 0 N–H and O–H groups in total. The van der Waals surface area contributed by atoms with Crippen molar-refractivity contribution in [2.75, 3.05) is 14.2 Å². The molecule has 0 radical (unpaired) electrons. The molecule has 0 unspecified atom stereocenters. The van der Waals surface area contributed by atoms with Gasteiger partial charge in [-0.1, -0.05) is 18.2 Å². The lowest BCUT2D eigenvalue weighted by molar-refractivity contribution is 0.402. The predicted molar refractivity (Wildman–Crippen MR) is 102 cm³/mol. The molecule has 3 rings (SSSR count). The fraction of sp³-hybridized carbons (Fsp3) is 0.190. The van der Waals surface area contributed by atoms with Gasteiger partial charge in [0.05, 0.1) is 19.7 Å². The molecule has 0 saturated heterocycles. The summed E-state index contributed by atoms with van der Waals surface area (Å²) in [6, 6.07) is 13.2. The minimum Gasteiger partial charge on any atom is -0.497 e. The number of rotatable bonds is 5. The number of hydrogen-bond acceptors (Lipinski definition) is 3. The third-order valence-corrected chi connectivity index (χ3v) is 4.23. The Morgan fingerprint density at radius 3 is 2.56 bits per heavy atom. The molecule has 0 aliphatic rings. The van der Waals surface area contributed by atoms with E-state index < -0.39 is 0 Å². The van der Waals surface area contributed by atoms with Crippen molar-refractivity contribution in [2.45, 2.75) is 13.5 Å². The number of fused-ring (bicyclic) bond motifs is 1. The summed E-state index contributed by atoms with van der Waals surface area (Å²) in [6.45, 7) is 2.89. The van der Waals surface area contributed by atoms with Gasteiger partial charge in [-0.15, -0.1) is 0 Å². The van der Waals surface area contributed by atoms with E-state index in [4.69, 9.17) is 9.47 Å². The molecule has 1 aromatic heterocycles. The minimum atomic E-state index is 0.0360. The van der Waals surface area contributed by atoms with Crippen LogP contribution in [0.5, 0.6) is 11.5 Å². The second-order valence-electron chi connectivity index (χ2n) is 5.68. The van der Waals surface area contributed by atoms with Crippen molar-refractivity contribution in [1.29, 1.82) is 0 Å². The van der Waals surface area contributed by atoms with Gasteiger partial charge in [0.1, 0.15) is 11.5 Å². The molecule has 0 fully saturated rings. The monoisotopic (exact) mass is 335 g/mol. The maximum atomic E-state index is 12.2. The first-order valence-corrected chi connectivity index (χ1v) is 8.19. The zero-order valence-electron chi connectivity index (χ0n) is 14.7. The first-order valence-electron chi connectivity index (χ1n) is 8.19. The smallest absolute Gasteiger partial charge is 0.189 e. The van der Waals surface area contributed by atoms with Crippen LogP contribution in [-0.4, -0.2) is 18.8 Å². The quantitative estimate of drug-likeness (QED) is 0.656. The number of methoxy groups -OCH3 is 2. The zero-order chi connectivity index (χ0) is 17.8. The molecule has 3 aromatic rings. The number of aryl methyl sites for hydroxylation is 1. The lowest BCUT2D eigenvalue weighted by Gasteiger charge is -2.09.